The number of benzene rings is 1. The van der Waals surface area contributed by atoms with Crippen LogP contribution in [0.15, 0.2) is 17.1 Å². The molecule has 2 unspecified atom stereocenters. The molecule has 15 heteroatoms. The summed E-state index contributed by atoms with van der Waals surface area (Å²) in [5, 5.41) is 1.64. The standard InChI is InChI=1S/C23H32FN3O9P2/c1-13-11-26(8-7-25-13)20-17(24)10-15-19(22(20)35-2)27(14-5-6-14)12-16(21(15)28)23(29)36-9-3-4-18(37(30)31)38(32,33)34/h10,12-14,18,25,30-31H,3-9,11H2,1-2H3,(H2,32,33,34). The second-order valence-corrected chi connectivity index (χ2v) is 13.1. The van der Waals surface area contributed by atoms with Crippen molar-refractivity contribution in [1.29, 1.82) is 0 Å². The minimum atomic E-state index is -4.75. The van der Waals surface area contributed by atoms with Gasteiger partial charge >= 0.3 is 13.6 Å². The highest BCUT2D eigenvalue weighted by atomic mass is 31.2. The second kappa shape index (κ2) is 11.6. The van der Waals surface area contributed by atoms with Crippen molar-refractivity contribution in [2.45, 2.75) is 50.1 Å². The van der Waals surface area contributed by atoms with E-state index in [0.29, 0.717) is 25.2 Å². The number of halogens is 1. The van der Waals surface area contributed by atoms with E-state index < -0.39 is 38.6 Å². The maximum atomic E-state index is 15.5. The predicted molar refractivity (Wildman–Crippen MR) is 139 cm³/mol. The molecule has 0 amide bonds. The molecule has 2 fully saturated rings. The number of pyridine rings is 1. The number of piperazine rings is 1. The highest BCUT2D eigenvalue weighted by Gasteiger charge is 2.35. The lowest BCUT2D eigenvalue weighted by atomic mass is 10.1. The van der Waals surface area contributed by atoms with E-state index in [4.69, 9.17) is 9.47 Å². The SMILES string of the molecule is COc1c(N2CCNC(C)C2)c(F)cc2c(=O)c(C(=O)OCCCC(P(O)O)P(=O)(O)O)cn(C3CC3)c12. The number of nitrogens with zero attached hydrogens (tertiary/aromatic N) is 2. The van der Waals surface area contributed by atoms with Gasteiger partial charge in [0.15, 0.2) is 19.9 Å². The number of aromatic nitrogens is 1. The molecule has 12 nitrogen and oxygen atoms in total. The molecule has 1 aliphatic carbocycles. The van der Waals surface area contributed by atoms with Crippen molar-refractivity contribution in [3.05, 3.63) is 33.9 Å². The van der Waals surface area contributed by atoms with Gasteiger partial charge in [-0.2, -0.15) is 0 Å². The molecular formula is C23H32FN3O9P2. The quantitative estimate of drug-likeness (QED) is 0.160. The zero-order valence-electron chi connectivity index (χ0n) is 21.0. The van der Waals surface area contributed by atoms with Crippen LogP contribution in [0.5, 0.6) is 5.75 Å². The number of ether oxygens (including phenoxy) is 2. The molecule has 0 bridgehead atoms. The third-order valence-corrected chi connectivity index (χ3v) is 10.1. The Kier molecular flexibility index (Phi) is 8.78. The molecule has 2 aliphatic rings. The number of rotatable bonds is 10. The summed E-state index contributed by atoms with van der Waals surface area (Å²) in [6, 6.07) is 1.26. The van der Waals surface area contributed by atoms with Gasteiger partial charge in [-0.15, -0.1) is 0 Å². The monoisotopic (exact) mass is 575 g/mol. The lowest BCUT2D eigenvalue weighted by Crippen LogP contribution is -2.49. The average Bonchev–Trinajstić information content (AvgIpc) is 3.68. The van der Waals surface area contributed by atoms with Crippen LogP contribution >= 0.6 is 16.0 Å². The smallest absolute Gasteiger partial charge is 0.343 e. The minimum absolute atomic E-state index is 0.00354. The number of carbonyl (C=O) groups excluding carboxylic acids is 1. The van der Waals surface area contributed by atoms with Crippen molar-refractivity contribution >= 4 is 38.5 Å². The third-order valence-electron chi connectivity index (χ3n) is 6.74. The summed E-state index contributed by atoms with van der Waals surface area (Å²) < 4.78 is 39.5. The van der Waals surface area contributed by atoms with Gasteiger partial charge in [0, 0.05) is 37.9 Å². The number of hydrogen-bond donors (Lipinski definition) is 5. The molecule has 0 spiro atoms. The van der Waals surface area contributed by atoms with Crippen LogP contribution in [-0.4, -0.2) is 74.9 Å². The van der Waals surface area contributed by atoms with Crippen LogP contribution in [0.4, 0.5) is 10.1 Å². The van der Waals surface area contributed by atoms with Crippen LogP contribution in [0.2, 0.25) is 0 Å². The molecule has 38 heavy (non-hydrogen) atoms. The van der Waals surface area contributed by atoms with Gasteiger partial charge < -0.3 is 43.8 Å². The molecular weight excluding hydrogens is 543 g/mol. The fraction of sp³-hybridized carbons (Fsp3) is 0.565. The van der Waals surface area contributed by atoms with Gasteiger partial charge in [-0.3, -0.25) is 9.36 Å². The molecule has 1 saturated carbocycles. The fourth-order valence-corrected chi connectivity index (χ4v) is 6.79. The first-order valence-corrected chi connectivity index (χ1v) is 15.3. The number of esters is 1. The molecule has 4 rings (SSSR count). The van der Waals surface area contributed by atoms with E-state index in [9.17, 15) is 33.7 Å². The largest absolute Gasteiger partial charge is 0.492 e. The number of carbonyl (C=O) groups is 1. The first-order valence-electron chi connectivity index (χ1n) is 12.3. The van der Waals surface area contributed by atoms with Crippen LogP contribution < -0.4 is 20.4 Å². The Morgan fingerprint density at radius 3 is 2.63 bits per heavy atom. The number of fused-ring (bicyclic) bond motifs is 1. The Morgan fingerprint density at radius 2 is 2.05 bits per heavy atom. The first kappa shape index (κ1) is 28.9. The van der Waals surface area contributed by atoms with Crippen molar-refractivity contribution < 1.29 is 42.8 Å². The summed E-state index contributed by atoms with van der Waals surface area (Å²) in [4.78, 5) is 65.1. The van der Waals surface area contributed by atoms with Gasteiger partial charge in [0.2, 0.25) is 5.43 Å². The second-order valence-electron chi connectivity index (χ2n) is 9.62. The summed E-state index contributed by atoms with van der Waals surface area (Å²) in [7, 11) is -6.22. The molecule has 1 aliphatic heterocycles. The summed E-state index contributed by atoms with van der Waals surface area (Å²) >= 11 is 0. The fourth-order valence-electron chi connectivity index (χ4n) is 4.78. The highest BCUT2D eigenvalue weighted by Crippen LogP contribution is 2.57. The van der Waals surface area contributed by atoms with E-state index in [-0.39, 0.29) is 53.9 Å². The summed E-state index contributed by atoms with van der Waals surface area (Å²) in [6.45, 7) is 3.45. The van der Waals surface area contributed by atoms with Gasteiger partial charge in [0.05, 0.1) is 24.6 Å². The number of hydrogen-bond acceptors (Lipinski definition) is 9. The maximum absolute atomic E-state index is 15.5. The van der Waals surface area contributed by atoms with E-state index in [0.717, 1.165) is 18.9 Å². The van der Waals surface area contributed by atoms with Crippen molar-refractivity contribution in [3.63, 3.8) is 0 Å². The minimum Gasteiger partial charge on any atom is -0.492 e. The molecule has 1 aromatic heterocycles. The van der Waals surface area contributed by atoms with E-state index in [2.05, 4.69) is 5.32 Å². The molecule has 2 heterocycles. The first-order chi connectivity index (χ1) is 17.9. The average molecular weight is 575 g/mol. The molecule has 0 radical (unpaired) electrons. The zero-order valence-corrected chi connectivity index (χ0v) is 22.8. The van der Waals surface area contributed by atoms with Gasteiger partial charge in [-0.05, 0) is 38.7 Å². The third kappa shape index (κ3) is 6.04. The number of anilines is 1. The van der Waals surface area contributed by atoms with Gasteiger partial charge in [0.1, 0.15) is 16.7 Å². The Hall–Kier alpha value is -2.11. The van der Waals surface area contributed by atoms with E-state index >= 15 is 4.39 Å². The summed E-state index contributed by atoms with van der Waals surface area (Å²) in [6.07, 6.45) is 2.65. The van der Waals surface area contributed by atoms with Gasteiger partial charge in [-0.25, -0.2) is 9.18 Å². The van der Waals surface area contributed by atoms with Crippen LogP contribution in [-0.2, 0) is 9.30 Å². The van der Waals surface area contributed by atoms with Gasteiger partial charge in [-0.1, -0.05) is 0 Å². The van der Waals surface area contributed by atoms with Crippen molar-refractivity contribution in [1.82, 2.24) is 9.88 Å². The molecule has 1 aromatic carbocycles. The maximum Gasteiger partial charge on any atom is 0.343 e. The Labute approximate surface area is 219 Å². The normalized spacial score (nSPS) is 19.2. The number of nitrogens with one attached hydrogen (secondary N) is 1. The lowest BCUT2D eigenvalue weighted by Gasteiger charge is -2.35. The van der Waals surface area contributed by atoms with Crippen molar-refractivity contribution in [3.8, 4) is 5.75 Å². The van der Waals surface area contributed by atoms with Crippen LogP contribution in [0, 0.1) is 5.82 Å². The van der Waals surface area contributed by atoms with Crippen LogP contribution in [0.1, 0.15) is 49.0 Å². The molecule has 2 atom stereocenters. The van der Waals surface area contributed by atoms with Gasteiger partial charge in [0.25, 0.3) is 0 Å². The Bertz CT molecular complexity index is 1310. The Morgan fingerprint density at radius 1 is 1.34 bits per heavy atom. The molecule has 210 valence electrons. The lowest BCUT2D eigenvalue weighted by molar-refractivity contribution is 0.0497. The molecule has 2 aromatic rings. The van der Waals surface area contributed by atoms with Crippen molar-refractivity contribution in [2.75, 3.05) is 38.3 Å². The van der Waals surface area contributed by atoms with E-state index in [1.54, 1.807) is 4.57 Å². The van der Waals surface area contributed by atoms with E-state index in [1.807, 2.05) is 11.8 Å². The van der Waals surface area contributed by atoms with E-state index in [1.165, 1.54) is 13.3 Å². The highest BCUT2D eigenvalue weighted by molar-refractivity contribution is 7.67. The Balaban J connectivity index is 1.65. The zero-order chi connectivity index (χ0) is 27.8. The van der Waals surface area contributed by atoms with Crippen molar-refractivity contribution in [2.24, 2.45) is 0 Å². The molecule has 5 N–H and O–H groups in total. The summed E-state index contributed by atoms with van der Waals surface area (Å²) in [5.74, 6) is -1.37. The number of methoxy groups -OCH3 is 1. The topological polar surface area (TPSA) is 171 Å². The predicted octanol–water partition coefficient (Wildman–Crippen LogP) is 2.02. The van der Waals surface area contributed by atoms with Crippen LogP contribution in [0.3, 0.4) is 0 Å². The summed E-state index contributed by atoms with van der Waals surface area (Å²) in [5.41, 5.74) is -0.346. The van der Waals surface area contributed by atoms with Crippen LogP contribution in [0.25, 0.3) is 10.9 Å². The molecule has 1 saturated heterocycles.